The van der Waals surface area contributed by atoms with Crippen LogP contribution in [0.15, 0.2) is 83.0 Å². The van der Waals surface area contributed by atoms with E-state index in [0.717, 1.165) is 49.6 Å². The molecule has 1 aromatic heterocycles. The molecule has 5 heteroatoms. The lowest BCUT2D eigenvalue weighted by Gasteiger charge is -2.02. The molecule has 0 aliphatic carbocycles. The maximum absolute atomic E-state index is 10.3. The molecule has 1 aliphatic heterocycles. The second kappa shape index (κ2) is 7.37. The number of methoxy groups -OCH3 is 1. The molecule has 0 unspecified atom stereocenters. The molecule has 1 aliphatic rings. The largest absolute Gasteiger partial charge is 0.496 e. The number of aromatic nitrogens is 1. The maximum Gasteiger partial charge on any atom is 0.196 e. The lowest BCUT2D eigenvalue weighted by Crippen LogP contribution is -2.08. The maximum atomic E-state index is 10.3. The summed E-state index contributed by atoms with van der Waals surface area (Å²) in [5.41, 5.74) is 4.26. The molecule has 0 bridgehead atoms. The number of H-pyrrole nitrogens is 1. The molecule has 0 spiro atoms. The van der Waals surface area contributed by atoms with Crippen LogP contribution < -0.4 is 15.2 Å². The molecular weight excluding hydrogens is 374 g/mol. The Balaban J connectivity index is 1.54. The van der Waals surface area contributed by atoms with Gasteiger partial charge in [-0.3, -0.25) is 0 Å². The molecule has 5 nitrogen and oxygen atoms in total. The number of azo groups is 1. The molecule has 0 saturated heterocycles. The van der Waals surface area contributed by atoms with Crippen LogP contribution in [-0.4, -0.2) is 17.2 Å². The molecule has 30 heavy (non-hydrogen) atoms. The third-order valence-electron chi connectivity index (χ3n) is 5.16. The summed E-state index contributed by atoms with van der Waals surface area (Å²) < 4.78 is 5.39. The van der Waals surface area contributed by atoms with Gasteiger partial charge in [-0.15, -0.1) is 10.2 Å². The molecule has 0 fully saturated rings. The first-order chi connectivity index (χ1) is 14.7. The Kier molecular flexibility index (Phi) is 4.41. The average molecular weight is 393 g/mol. The highest BCUT2D eigenvalue weighted by Crippen LogP contribution is 2.27. The molecule has 3 aromatic carbocycles. The zero-order chi connectivity index (χ0) is 20.5. The second-order valence-electron chi connectivity index (χ2n) is 7.01. The molecular formula is C25H19N3O2. The van der Waals surface area contributed by atoms with Crippen molar-refractivity contribution < 1.29 is 9.84 Å². The lowest BCUT2D eigenvalue weighted by molar-refractivity contribution is 0.414. The average Bonchev–Trinajstić information content (AvgIpc) is 3.32. The minimum absolute atomic E-state index is 0.158. The molecule has 146 valence electrons. The SMILES string of the molecule is COc1ccccc1/C=C/C1=c2cc/c(=C\c3c(O)[nH]c4ccccc34)cc2N=N1. The van der Waals surface area contributed by atoms with Gasteiger partial charge >= 0.3 is 0 Å². The van der Waals surface area contributed by atoms with Gasteiger partial charge in [0.05, 0.1) is 18.5 Å². The number of benzene rings is 3. The van der Waals surface area contributed by atoms with Crippen LogP contribution in [0.5, 0.6) is 11.6 Å². The summed E-state index contributed by atoms with van der Waals surface area (Å²) >= 11 is 0. The van der Waals surface area contributed by atoms with Crippen molar-refractivity contribution in [2.45, 2.75) is 0 Å². The van der Waals surface area contributed by atoms with Crippen LogP contribution in [0.25, 0.3) is 28.8 Å². The van der Waals surface area contributed by atoms with E-state index in [-0.39, 0.29) is 5.88 Å². The lowest BCUT2D eigenvalue weighted by atomic mass is 10.1. The van der Waals surface area contributed by atoms with E-state index in [1.165, 1.54) is 0 Å². The number of hydrogen-bond acceptors (Lipinski definition) is 4. The second-order valence-corrected chi connectivity index (χ2v) is 7.01. The van der Waals surface area contributed by atoms with Gasteiger partial charge in [-0.2, -0.15) is 0 Å². The number of hydrogen-bond donors (Lipinski definition) is 2. The number of aromatic amines is 1. The highest BCUT2D eigenvalue weighted by atomic mass is 16.5. The number of aromatic hydroxyl groups is 1. The van der Waals surface area contributed by atoms with Gasteiger partial charge < -0.3 is 14.8 Å². The fourth-order valence-electron chi connectivity index (χ4n) is 3.66. The first-order valence-electron chi connectivity index (χ1n) is 9.61. The Morgan fingerprint density at radius 3 is 2.67 bits per heavy atom. The number of nitrogens with one attached hydrogen (secondary N) is 1. The Morgan fingerprint density at radius 1 is 0.933 bits per heavy atom. The number of ether oxygens (including phenoxy) is 1. The third-order valence-corrected chi connectivity index (χ3v) is 5.16. The molecule has 0 amide bonds. The van der Waals surface area contributed by atoms with E-state index < -0.39 is 0 Å². The molecule has 4 aromatic rings. The van der Waals surface area contributed by atoms with E-state index >= 15 is 0 Å². The fourth-order valence-corrected chi connectivity index (χ4v) is 3.66. The number of nitrogens with zero attached hydrogens (tertiary/aromatic N) is 2. The topological polar surface area (TPSA) is 70.0 Å². The first kappa shape index (κ1) is 17.9. The molecule has 5 rings (SSSR count). The highest BCUT2D eigenvalue weighted by molar-refractivity contribution is 5.91. The van der Waals surface area contributed by atoms with E-state index in [4.69, 9.17) is 4.74 Å². The van der Waals surface area contributed by atoms with Crippen molar-refractivity contribution in [3.8, 4) is 11.6 Å². The summed E-state index contributed by atoms with van der Waals surface area (Å²) in [4.78, 5) is 3.01. The summed E-state index contributed by atoms with van der Waals surface area (Å²) in [6, 6.07) is 21.7. The van der Waals surface area contributed by atoms with E-state index in [1.807, 2.05) is 85.0 Å². The fraction of sp³-hybridized carbons (Fsp3) is 0.0400. The van der Waals surface area contributed by atoms with Gasteiger partial charge in [-0.25, -0.2) is 0 Å². The zero-order valence-electron chi connectivity index (χ0n) is 16.3. The Bertz CT molecular complexity index is 1450. The van der Waals surface area contributed by atoms with Crippen LogP contribution in [-0.2, 0) is 0 Å². The summed E-state index contributed by atoms with van der Waals surface area (Å²) in [5, 5.41) is 21.8. The van der Waals surface area contributed by atoms with Crippen LogP contribution in [0.4, 0.5) is 5.69 Å². The van der Waals surface area contributed by atoms with Gasteiger partial charge in [0.15, 0.2) is 5.88 Å². The molecule has 2 N–H and O–H groups in total. The third kappa shape index (κ3) is 3.16. The highest BCUT2D eigenvalue weighted by Gasteiger charge is 2.09. The van der Waals surface area contributed by atoms with Crippen molar-refractivity contribution in [3.05, 3.63) is 94.4 Å². The van der Waals surface area contributed by atoms with Crippen molar-refractivity contribution in [1.82, 2.24) is 4.98 Å². The van der Waals surface area contributed by atoms with Crippen LogP contribution in [0.1, 0.15) is 11.1 Å². The van der Waals surface area contributed by atoms with Crippen LogP contribution >= 0.6 is 0 Å². The molecule has 0 atom stereocenters. The summed E-state index contributed by atoms with van der Waals surface area (Å²) in [5.74, 6) is 0.971. The van der Waals surface area contributed by atoms with Gasteiger partial charge in [0.1, 0.15) is 5.75 Å². The van der Waals surface area contributed by atoms with E-state index in [0.29, 0.717) is 0 Å². The van der Waals surface area contributed by atoms with Crippen molar-refractivity contribution in [1.29, 1.82) is 0 Å². The smallest absolute Gasteiger partial charge is 0.196 e. The van der Waals surface area contributed by atoms with E-state index in [2.05, 4.69) is 15.2 Å². The van der Waals surface area contributed by atoms with Crippen LogP contribution in [0.3, 0.4) is 0 Å². The summed E-state index contributed by atoms with van der Waals surface area (Å²) in [7, 11) is 1.66. The quantitative estimate of drug-likeness (QED) is 0.531. The predicted molar refractivity (Wildman–Crippen MR) is 119 cm³/mol. The normalized spacial score (nSPS) is 13.5. The predicted octanol–water partition coefficient (Wildman–Crippen LogP) is 4.63. The van der Waals surface area contributed by atoms with Gasteiger partial charge in [0.2, 0.25) is 0 Å². The van der Waals surface area contributed by atoms with E-state index in [1.54, 1.807) is 7.11 Å². The van der Waals surface area contributed by atoms with Crippen molar-refractivity contribution in [3.63, 3.8) is 0 Å². The summed E-state index contributed by atoms with van der Waals surface area (Å²) in [6.07, 6.45) is 5.88. The number of para-hydroxylation sites is 2. The first-order valence-corrected chi connectivity index (χ1v) is 9.61. The Morgan fingerprint density at radius 2 is 1.77 bits per heavy atom. The van der Waals surface area contributed by atoms with Crippen molar-refractivity contribution in [2.24, 2.45) is 10.2 Å². The molecule has 0 radical (unpaired) electrons. The Labute approximate surface area is 173 Å². The minimum atomic E-state index is 0.158. The van der Waals surface area contributed by atoms with Gasteiger partial charge in [-0.05, 0) is 47.7 Å². The van der Waals surface area contributed by atoms with Crippen LogP contribution in [0.2, 0.25) is 0 Å². The van der Waals surface area contributed by atoms with Crippen LogP contribution in [0, 0.1) is 0 Å². The van der Waals surface area contributed by atoms with Gasteiger partial charge in [0.25, 0.3) is 0 Å². The van der Waals surface area contributed by atoms with Crippen molar-refractivity contribution >= 4 is 34.4 Å². The molecule has 0 saturated carbocycles. The van der Waals surface area contributed by atoms with E-state index in [9.17, 15) is 5.11 Å². The van der Waals surface area contributed by atoms with Gasteiger partial charge in [-0.1, -0.05) is 42.5 Å². The Hall–Kier alpha value is -4.12. The van der Waals surface area contributed by atoms with Crippen molar-refractivity contribution in [2.75, 3.05) is 7.11 Å². The minimum Gasteiger partial charge on any atom is -0.496 e. The number of rotatable bonds is 4. The monoisotopic (exact) mass is 393 g/mol. The standard InChI is InChI=1S/C25H19N3O2/c1-30-24-9-5-2-6-17(24)11-13-22-19-12-10-16(15-23(19)28-27-22)14-20-18-7-3-4-8-21(18)26-25(20)29/h2-15,26,29H,1H3/b13-11+,16-14+. The summed E-state index contributed by atoms with van der Waals surface area (Å²) in [6.45, 7) is 0. The van der Waals surface area contributed by atoms with Gasteiger partial charge in [0, 0.05) is 27.2 Å². The number of fused-ring (bicyclic) bond motifs is 2. The zero-order valence-corrected chi connectivity index (χ0v) is 16.3. The molecule has 2 heterocycles.